The third-order valence-corrected chi connectivity index (χ3v) is 7.22. The predicted molar refractivity (Wildman–Crippen MR) is 89.6 cm³/mol. The first kappa shape index (κ1) is 14.4. The Bertz CT molecular complexity index is 551. The maximum atomic E-state index is 6.07. The van der Waals surface area contributed by atoms with Crippen molar-refractivity contribution in [2.24, 2.45) is 0 Å². The largest absolute Gasteiger partial charge is 0.335 e. The first-order valence-corrected chi connectivity index (χ1v) is 9.09. The summed E-state index contributed by atoms with van der Waals surface area (Å²) in [4.78, 5) is 4.15. The molecule has 0 bridgehead atoms. The molecule has 1 aromatic carbocycles. The zero-order chi connectivity index (χ0) is 13.8. The molecule has 0 aliphatic carbocycles. The van der Waals surface area contributed by atoms with Crippen molar-refractivity contribution in [2.75, 3.05) is 11.5 Å². The van der Waals surface area contributed by atoms with Gasteiger partial charge in [0.1, 0.15) is 0 Å². The SMILES string of the molecule is Clc1cccc(CCC2(Cn3ccnc3)SCCS2)c1. The Hall–Kier alpha value is -0.580. The van der Waals surface area contributed by atoms with Crippen LogP contribution in [-0.2, 0) is 13.0 Å². The van der Waals surface area contributed by atoms with Crippen molar-refractivity contribution in [3.05, 3.63) is 53.6 Å². The number of thioether (sulfide) groups is 2. The van der Waals surface area contributed by atoms with E-state index in [1.54, 1.807) is 0 Å². The van der Waals surface area contributed by atoms with Crippen LogP contribution in [0.4, 0.5) is 0 Å². The van der Waals surface area contributed by atoms with Gasteiger partial charge in [-0.15, -0.1) is 23.5 Å². The molecule has 0 radical (unpaired) electrons. The molecule has 1 aromatic heterocycles. The summed E-state index contributed by atoms with van der Waals surface area (Å²) in [5.41, 5.74) is 1.33. The van der Waals surface area contributed by atoms with Gasteiger partial charge >= 0.3 is 0 Å². The second-order valence-corrected chi connectivity index (χ2v) is 8.62. The first-order chi connectivity index (χ1) is 9.76. The lowest BCUT2D eigenvalue weighted by Gasteiger charge is -2.27. The number of hydrogen-bond donors (Lipinski definition) is 0. The van der Waals surface area contributed by atoms with Crippen LogP contribution in [0.3, 0.4) is 0 Å². The summed E-state index contributed by atoms with van der Waals surface area (Å²) < 4.78 is 2.48. The standard InChI is InChI=1S/C15H17ClN2S2/c16-14-3-1-2-13(10-14)4-5-15(19-8-9-20-15)11-18-7-6-17-12-18/h1-3,6-7,10,12H,4-5,8-9,11H2. The molecule has 0 atom stereocenters. The molecule has 1 aliphatic rings. The van der Waals surface area contributed by atoms with E-state index in [9.17, 15) is 0 Å². The highest BCUT2D eigenvalue weighted by molar-refractivity contribution is 8.21. The maximum Gasteiger partial charge on any atom is 0.0946 e. The molecule has 3 rings (SSSR count). The van der Waals surface area contributed by atoms with Gasteiger partial charge in [-0.05, 0) is 30.5 Å². The minimum Gasteiger partial charge on any atom is -0.335 e. The first-order valence-electron chi connectivity index (χ1n) is 6.74. The van der Waals surface area contributed by atoms with E-state index in [0.717, 1.165) is 18.0 Å². The number of benzene rings is 1. The van der Waals surface area contributed by atoms with Gasteiger partial charge in [0.05, 0.1) is 10.4 Å². The zero-order valence-electron chi connectivity index (χ0n) is 11.2. The molecule has 0 spiro atoms. The molecule has 1 saturated heterocycles. The van der Waals surface area contributed by atoms with E-state index in [-0.39, 0.29) is 4.08 Å². The van der Waals surface area contributed by atoms with Crippen LogP contribution in [0.2, 0.25) is 5.02 Å². The molecule has 2 aromatic rings. The average Bonchev–Trinajstić information content (AvgIpc) is 3.10. The minimum absolute atomic E-state index is 0.281. The molecule has 0 N–H and O–H groups in total. The molecule has 5 heteroatoms. The molecule has 0 unspecified atom stereocenters. The maximum absolute atomic E-state index is 6.07. The van der Waals surface area contributed by atoms with Gasteiger partial charge in [-0.2, -0.15) is 0 Å². The van der Waals surface area contributed by atoms with Gasteiger partial charge in [0.15, 0.2) is 0 Å². The molecule has 0 saturated carbocycles. The highest BCUT2D eigenvalue weighted by atomic mass is 35.5. The monoisotopic (exact) mass is 324 g/mol. The summed E-state index contributed by atoms with van der Waals surface area (Å²) in [7, 11) is 0. The number of rotatable bonds is 5. The molecular weight excluding hydrogens is 308 g/mol. The van der Waals surface area contributed by atoms with E-state index in [1.165, 1.54) is 23.5 Å². The van der Waals surface area contributed by atoms with Crippen molar-refractivity contribution in [3.63, 3.8) is 0 Å². The fourth-order valence-electron chi connectivity index (χ4n) is 2.50. The van der Waals surface area contributed by atoms with E-state index in [1.807, 2.05) is 24.7 Å². The van der Waals surface area contributed by atoms with Gasteiger partial charge in [0, 0.05) is 35.5 Å². The van der Waals surface area contributed by atoms with E-state index in [2.05, 4.69) is 51.4 Å². The summed E-state index contributed by atoms with van der Waals surface area (Å²) in [6, 6.07) is 8.22. The van der Waals surface area contributed by atoms with Crippen molar-refractivity contribution in [3.8, 4) is 0 Å². The van der Waals surface area contributed by atoms with Gasteiger partial charge in [-0.3, -0.25) is 0 Å². The highest BCUT2D eigenvalue weighted by Crippen LogP contribution is 2.48. The highest BCUT2D eigenvalue weighted by Gasteiger charge is 2.35. The molecule has 2 heterocycles. The average molecular weight is 325 g/mol. The van der Waals surface area contributed by atoms with Crippen molar-refractivity contribution < 1.29 is 0 Å². The van der Waals surface area contributed by atoms with Gasteiger partial charge < -0.3 is 4.57 Å². The Morgan fingerprint density at radius 2 is 2.15 bits per heavy atom. The predicted octanol–water partition coefficient (Wildman–Crippen LogP) is 4.35. The Labute approximate surface area is 133 Å². The number of halogens is 1. The summed E-state index contributed by atoms with van der Waals surface area (Å²) in [5, 5.41) is 0.831. The van der Waals surface area contributed by atoms with E-state index in [0.29, 0.717) is 0 Å². The van der Waals surface area contributed by atoms with Crippen LogP contribution in [0.15, 0.2) is 43.0 Å². The third kappa shape index (κ3) is 3.54. The number of nitrogens with zero attached hydrogens (tertiary/aromatic N) is 2. The minimum atomic E-state index is 0.281. The summed E-state index contributed by atoms with van der Waals surface area (Å²) in [6.45, 7) is 1.03. The lowest BCUT2D eigenvalue weighted by Crippen LogP contribution is -2.25. The summed E-state index contributed by atoms with van der Waals surface area (Å²) in [6.07, 6.45) is 8.08. The van der Waals surface area contributed by atoms with Gasteiger partial charge in [0.2, 0.25) is 0 Å². The van der Waals surface area contributed by atoms with E-state index < -0.39 is 0 Å². The number of imidazole rings is 1. The fourth-order valence-corrected chi connectivity index (χ4v) is 5.93. The molecular formula is C15H17ClN2S2. The Kier molecular flexibility index (Phi) is 4.64. The topological polar surface area (TPSA) is 17.8 Å². The Balaban J connectivity index is 1.68. The van der Waals surface area contributed by atoms with Crippen molar-refractivity contribution >= 4 is 35.1 Å². The van der Waals surface area contributed by atoms with Crippen LogP contribution in [0.25, 0.3) is 0 Å². The van der Waals surface area contributed by atoms with E-state index in [4.69, 9.17) is 11.6 Å². The van der Waals surface area contributed by atoms with Crippen molar-refractivity contribution in [2.45, 2.75) is 23.5 Å². The second kappa shape index (κ2) is 6.46. The number of hydrogen-bond acceptors (Lipinski definition) is 3. The van der Waals surface area contributed by atoms with Gasteiger partial charge in [-0.1, -0.05) is 23.7 Å². The van der Waals surface area contributed by atoms with Crippen molar-refractivity contribution in [1.82, 2.24) is 9.55 Å². The molecule has 106 valence electrons. The van der Waals surface area contributed by atoms with Crippen LogP contribution >= 0.6 is 35.1 Å². The zero-order valence-corrected chi connectivity index (χ0v) is 13.6. The smallest absolute Gasteiger partial charge is 0.0946 e. The molecule has 2 nitrogen and oxygen atoms in total. The lowest BCUT2D eigenvalue weighted by atomic mass is 10.1. The second-order valence-electron chi connectivity index (χ2n) is 4.97. The Morgan fingerprint density at radius 1 is 1.30 bits per heavy atom. The molecule has 0 amide bonds. The Morgan fingerprint density at radius 3 is 2.85 bits per heavy atom. The normalized spacial score (nSPS) is 17.4. The molecule has 1 fully saturated rings. The quantitative estimate of drug-likeness (QED) is 0.814. The number of aryl methyl sites for hydroxylation is 1. The van der Waals surface area contributed by atoms with Gasteiger partial charge in [-0.25, -0.2) is 4.98 Å². The third-order valence-electron chi connectivity index (χ3n) is 3.48. The van der Waals surface area contributed by atoms with Crippen molar-refractivity contribution in [1.29, 1.82) is 0 Å². The molecule has 20 heavy (non-hydrogen) atoms. The van der Waals surface area contributed by atoms with Gasteiger partial charge in [0.25, 0.3) is 0 Å². The fraction of sp³-hybridized carbons (Fsp3) is 0.400. The summed E-state index contributed by atoms with van der Waals surface area (Å²) >= 11 is 10.3. The molecule has 1 aliphatic heterocycles. The van der Waals surface area contributed by atoms with E-state index >= 15 is 0 Å². The number of aromatic nitrogens is 2. The van der Waals surface area contributed by atoms with Crippen LogP contribution in [0.1, 0.15) is 12.0 Å². The van der Waals surface area contributed by atoms with Crippen LogP contribution < -0.4 is 0 Å². The summed E-state index contributed by atoms with van der Waals surface area (Å²) in [5.74, 6) is 2.49. The van der Waals surface area contributed by atoms with Crippen LogP contribution in [0, 0.1) is 0 Å². The lowest BCUT2D eigenvalue weighted by molar-refractivity contribution is 0.592. The van der Waals surface area contributed by atoms with Crippen LogP contribution in [-0.4, -0.2) is 25.1 Å². The van der Waals surface area contributed by atoms with Crippen LogP contribution in [0.5, 0.6) is 0 Å².